The highest BCUT2D eigenvalue weighted by atomic mass is 16.6. The smallest absolute Gasteiger partial charge is 0.342 e. The Hall–Kier alpha value is -1.99. The van der Waals surface area contributed by atoms with Crippen molar-refractivity contribution < 1.29 is 33.7 Å². The molecule has 7 heteroatoms. The van der Waals surface area contributed by atoms with Crippen LogP contribution in [0.2, 0.25) is 0 Å². The van der Waals surface area contributed by atoms with Crippen LogP contribution in [0.3, 0.4) is 0 Å². The maximum Gasteiger partial charge on any atom is 0.342 e. The molecule has 0 fully saturated rings. The van der Waals surface area contributed by atoms with Crippen molar-refractivity contribution in [2.75, 3.05) is 13.2 Å². The van der Waals surface area contributed by atoms with Gasteiger partial charge in [0.05, 0.1) is 18.8 Å². The lowest BCUT2D eigenvalue weighted by atomic mass is 10.1. The van der Waals surface area contributed by atoms with E-state index in [2.05, 4.69) is 9.47 Å². The Bertz CT molecular complexity index is 556. The first-order valence-electron chi connectivity index (χ1n) is 6.54. The number of cyclic esters (lactones) is 3. The lowest BCUT2D eigenvalue weighted by Crippen LogP contribution is -2.12. The van der Waals surface area contributed by atoms with Crippen LogP contribution in [0.4, 0.5) is 0 Å². The summed E-state index contributed by atoms with van der Waals surface area (Å²) in [7, 11) is 0. The molecule has 2 aliphatic heterocycles. The number of carbonyl (C=O) groups excluding carboxylic acids is 3. The summed E-state index contributed by atoms with van der Waals surface area (Å²) < 4.78 is 14.5. The Balaban J connectivity index is 1.75. The van der Waals surface area contributed by atoms with Crippen molar-refractivity contribution in [3.05, 3.63) is 22.3 Å². The number of hydrogen-bond acceptors (Lipinski definition) is 7. The lowest BCUT2D eigenvalue weighted by Gasteiger charge is -2.08. The summed E-state index contributed by atoms with van der Waals surface area (Å²) in [5.41, 5.74) is 1.54. The molecule has 1 N–H and O–H groups in total. The highest BCUT2D eigenvalue weighted by molar-refractivity contribution is 6.11. The second kappa shape index (κ2) is 6.19. The van der Waals surface area contributed by atoms with Gasteiger partial charge in [0, 0.05) is 23.1 Å². The maximum absolute atomic E-state index is 11.3. The first-order valence-corrected chi connectivity index (χ1v) is 6.54. The van der Waals surface area contributed by atoms with Crippen molar-refractivity contribution in [2.24, 2.45) is 0 Å². The van der Waals surface area contributed by atoms with Gasteiger partial charge < -0.3 is 19.3 Å². The minimum absolute atomic E-state index is 0.242. The van der Waals surface area contributed by atoms with E-state index in [-0.39, 0.29) is 19.6 Å². The van der Waals surface area contributed by atoms with E-state index in [1.54, 1.807) is 6.92 Å². The summed E-state index contributed by atoms with van der Waals surface area (Å²) in [6.45, 7) is 3.64. The van der Waals surface area contributed by atoms with E-state index in [4.69, 9.17) is 4.74 Å². The van der Waals surface area contributed by atoms with E-state index >= 15 is 0 Å². The molecule has 21 heavy (non-hydrogen) atoms. The predicted molar refractivity (Wildman–Crippen MR) is 68.7 cm³/mol. The molecule has 2 aliphatic rings. The van der Waals surface area contributed by atoms with Crippen LogP contribution in [-0.2, 0) is 28.6 Å². The molecule has 0 amide bonds. The molecule has 0 saturated carbocycles. The van der Waals surface area contributed by atoms with Crippen molar-refractivity contribution in [3.63, 3.8) is 0 Å². The van der Waals surface area contributed by atoms with Crippen molar-refractivity contribution in [1.82, 2.24) is 0 Å². The number of hydrogen-bond donors (Lipinski definition) is 1. The molecular formula is C14H16O7. The Morgan fingerprint density at radius 1 is 1.00 bits per heavy atom. The summed E-state index contributed by atoms with van der Waals surface area (Å²) >= 11 is 0. The van der Waals surface area contributed by atoms with Crippen LogP contribution in [0, 0.1) is 0 Å². The predicted octanol–water partition coefficient (Wildman–Crippen LogP) is 0.375. The van der Waals surface area contributed by atoms with Gasteiger partial charge in [-0.25, -0.2) is 14.4 Å². The van der Waals surface area contributed by atoms with Crippen molar-refractivity contribution >= 4 is 17.9 Å². The fraction of sp³-hybridized carbons (Fsp3) is 0.500. The van der Waals surface area contributed by atoms with E-state index in [1.807, 2.05) is 0 Å². The Morgan fingerprint density at radius 3 is 2.19 bits per heavy atom. The molecule has 0 aromatic carbocycles. The van der Waals surface area contributed by atoms with Crippen LogP contribution in [0.1, 0.15) is 26.7 Å². The molecular weight excluding hydrogens is 280 g/mol. The molecule has 2 heterocycles. The van der Waals surface area contributed by atoms with Gasteiger partial charge in [0.25, 0.3) is 0 Å². The second-order valence-electron chi connectivity index (χ2n) is 4.80. The number of carbonyl (C=O) groups is 3. The highest BCUT2D eigenvalue weighted by Gasteiger charge is 2.30. The molecule has 0 saturated heterocycles. The van der Waals surface area contributed by atoms with Crippen molar-refractivity contribution in [1.29, 1.82) is 0 Å². The fourth-order valence-corrected chi connectivity index (χ4v) is 2.13. The zero-order chi connectivity index (χ0) is 15.6. The first-order chi connectivity index (χ1) is 9.91. The van der Waals surface area contributed by atoms with Crippen LogP contribution in [0.15, 0.2) is 22.3 Å². The normalized spacial score (nSPS) is 22.2. The topological polar surface area (TPSA) is 99.1 Å². The number of ether oxygens (including phenoxy) is 3. The summed E-state index contributed by atoms with van der Waals surface area (Å²) in [6.07, 6.45) is -0.555. The second-order valence-corrected chi connectivity index (χ2v) is 4.80. The average Bonchev–Trinajstić information content (AvgIpc) is 2.80. The van der Waals surface area contributed by atoms with Crippen LogP contribution >= 0.6 is 0 Å². The van der Waals surface area contributed by atoms with Crippen LogP contribution in [0.5, 0.6) is 0 Å². The molecule has 0 spiro atoms. The number of esters is 3. The van der Waals surface area contributed by atoms with Crippen molar-refractivity contribution in [2.45, 2.75) is 33.0 Å². The molecule has 0 bridgehead atoms. The zero-order valence-corrected chi connectivity index (χ0v) is 11.8. The van der Waals surface area contributed by atoms with Crippen LogP contribution in [0.25, 0.3) is 0 Å². The van der Waals surface area contributed by atoms with Crippen molar-refractivity contribution in [3.8, 4) is 0 Å². The van der Waals surface area contributed by atoms with Gasteiger partial charge in [-0.2, -0.15) is 0 Å². The molecule has 0 aliphatic carbocycles. The molecule has 2 rings (SSSR count). The Kier molecular flexibility index (Phi) is 4.54. The summed E-state index contributed by atoms with van der Waals surface area (Å²) in [4.78, 5) is 33.7. The van der Waals surface area contributed by atoms with E-state index in [0.29, 0.717) is 28.7 Å². The zero-order valence-electron chi connectivity index (χ0n) is 11.8. The maximum atomic E-state index is 11.3. The number of aliphatic hydroxyl groups is 1. The Morgan fingerprint density at radius 2 is 1.67 bits per heavy atom. The molecule has 1 atom stereocenters. The third-order valence-corrected chi connectivity index (χ3v) is 3.51. The van der Waals surface area contributed by atoms with Gasteiger partial charge in [0.2, 0.25) is 6.29 Å². The summed E-state index contributed by atoms with van der Waals surface area (Å²) in [5.74, 6) is -1.75. The highest BCUT2D eigenvalue weighted by Crippen LogP contribution is 2.24. The molecule has 114 valence electrons. The van der Waals surface area contributed by atoms with Gasteiger partial charge in [-0.1, -0.05) is 0 Å². The lowest BCUT2D eigenvalue weighted by molar-refractivity contribution is -0.153. The third kappa shape index (κ3) is 3.20. The summed E-state index contributed by atoms with van der Waals surface area (Å²) in [5, 5.41) is 9.49. The Labute approximate surface area is 121 Å². The van der Waals surface area contributed by atoms with Gasteiger partial charge in [-0.15, -0.1) is 0 Å². The SMILES string of the molecule is CC1=C(CCOCCC2=C(C)C(=O)OC2O)C(=O)OC1=O. The van der Waals surface area contributed by atoms with E-state index in [9.17, 15) is 19.5 Å². The third-order valence-electron chi connectivity index (χ3n) is 3.51. The average molecular weight is 296 g/mol. The van der Waals surface area contributed by atoms with E-state index in [0.717, 1.165) is 0 Å². The van der Waals surface area contributed by atoms with Gasteiger partial charge in [0.1, 0.15) is 0 Å². The van der Waals surface area contributed by atoms with E-state index in [1.165, 1.54) is 6.92 Å². The van der Waals surface area contributed by atoms with Crippen LogP contribution < -0.4 is 0 Å². The standard InChI is InChI=1S/C14H16O7/c1-7-9(13(17)20-11(7)15)3-5-19-6-4-10-8(2)12(16)21-14(10)18/h13,17H,3-6H2,1-2H3. The van der Waals surface area contributed by atoms with Crippen LogP contribution in [-0.4, -0.2) is 42.5 Å². The van der Waals surface area contributed by atoms with Gasteiger partial charge in [-0.3, -0.25) is 0 Å². The molecule has 0 radical (unpaired) electrons. The molecule has 1 unspecified atom stereocenters. The van der Waals surface area contributed by atoms with Gasteiger partial charge >= 0.3 is 17.9 Å². The largest absolute Gasteiger partial charge is 0.428 e. The monoisotopic (exact) mass is 296 g/mol. The van der Waals surface area contributed by atoms with Gasteiger partial charge in [-0.05, 0) is 20.3 Å². The first kappa shape index (κ1) is 15.4. The summed E-state index contributed by atoms with van der Waals surface area (Å²) in [6, 6.07) is 0. The molecule has 0 aromatic heterocycles. The van der Waals surface area contributed by atoms with Gasteiger partial charge in [0.15, 0.2) is 0 Å². The molecule has 7 nitrogen and oxygen atoms in total. The minimum Gasteiger partial charge on any atom is -0.428 e. The minimum atomic E-state index is -1.20. The quantitative estimate of drug-likeness (QED) is 0.429. The number of rotatable bonds is 6. The van der Waals surface area contributed by atoms with E-state index < -0.39 is 24.2 Å². The molecule has 0 aromatic rings. The number of aliphatic hydroxyl groups excluding tert-OH is 1. The fourth-order valence-electron chi connectivity index (χ4n) is 2.13.